The summed E-state index contributed by atoms with van der Waals surface area (Å²) in [6, 6.07) is 15.6. The zero-order valence-corrected chi connectivity index (χ0v) is 12.9. The molecule has 21 heavy (non-hydrogen) atoms. The number of ether oxygens (including phenoxy) is 1. The fourth-order valence-corrected chi connectivity index (χ4v) is 2.20. The normalized spacial score (nSPS) is 12.0. The van der Waals surface area contributed by atoms with E-state index in [4.69, 9.17) is 4.74 Å². The maximum absolute atomic E-state index is 12.3. The van der Waals surface area contributed by atoms with Crippen molar-refractivity contribution in [1.82, 2.24) is 0 Å². The van der Waals surface area contributed by atoms with Crippen LogP contribution in [0.3, 0.4) is 0 Å². The van der Waals surface area contributed by atoms with Crippen LogP contribution in [0.25, 0.3) is 0 Å². The number of ketones is 1. The van der Waals surface area contributed by atoms with Crippen LogP contribution in [0.2, 0.25) is 0 Å². The fraction of sp³-hybridized carbons (Fsp3) is 0.316. The smallest absolute Gasteiger partial charge is 0.202 e. The molecule has 0 amide bonds. The van der Waals surface area contributed by atoms with Gasteiger partial charge in [0, 0.05) is 5.56 Å². The van der Waals surface area contributed by atoms with Crippen molar-refractivity contribution in [3.8, 4) is 5.75 Å². The highest BCUT2D eigenvalue weighted by atomic mass is 16.5. The SMILES string of the molecule is CCc1ccc(OC(C)C(=O)c2ccc(CC)cc2)cc1. The number of hydrogen-bond donors (Lipinski definition) is 0. The van der Waals surface area contributed by atoms with Crippen LogP contribution in [0, 0.1) is 0 Å². The Balaban J connectivity index is 2.03. The summed E-state index contributed by atoms with van der Waals surface area (Å²) in [5, 5.41) is 0. The van der Waals surface area contributed by atoms with E-state index in [-0.39, 0.29) is 5.78 Å². The van der Waals surface area contributed by atoms with Gasteiger partial charge in [0.1, 0.15) is 5.75 Å². The van der Waals surface area contributed by atoms with Crippen molar-refractivity contribution in [3.05, 3.63) is 65.2 Å². The van der Waals surface area contributed by atoms with Gasteiger partial charge in [-0.1, -0.05) is 50.2 Å². The maximum atomic E-state index is 12.3. The van der Waals surface area contributed by atoms with Gasteiger partial charge in [0.2, 0.25) is 5.78 Å². The van der Waals surface area contributed by atoms with Gasteiger partial charge in [0.25, 0.3) is 0 Å². The number of hydrogen-bond acceptors (Lipinski definition) is 2. The van der Waals surface area contributed by atoms with Gasteiger partial charge in [0.05, 0.1) is 0 Å². The predicted octanol–water partition coefficient (Wildman–Crippen LogP) is 4.46. The average Bonchev–Trinajstić information content (AvgIpc) is 2.55. The van der Waals surface area contributed by atoms with E-state index in [2.05, 4.69) is 13.8 Å². The summed E-state index contributed by atoms with van der Waals surface area (Å²) in [7, 11) is 0. The Morgan fingerprint density at radius 3 is 1.86 bits per heavy atom. The first kappa shape index (κ1) is 15.3. The predicted molar refractivity (Wildman–Crippen MR) is 86.1 cm³/mol. The van der Waals surface area contributed by atoms with Gasteiger partial charge in [-0.25, -0.2) is 0 Å². The molecule has 1 atom stereocenters. The van der Waals surface area contributed by atoms with Crippen molar-refractivity contribution >= 4 is 5.78 Å². The maximum Gasteiger partial charge on any atom is 0.202 e. The van der Waals surface area contributed by atoms with Crippen LogP contribution >= 0.6 is 0 Å². The molecule has 0 heterocycles. The van der Waals surface area contributed by atoms with E-state index in [1.165, 1.54) is 11.1 Å². The van der Waals surface area contributed by atoms with Gasteiger partial charge in [-0.3, -0.25) is 4.79 Å². The fourth-order valence-electron chi connectivity index (χ4n) is 2.20. The molecule has 1 unspecified atom stereocenters. The third kappa shape index (κ3) is 3.94. The van der Waals surface area contributed by atoms with Gasteiger partial charge in [0.15, 0.2) is 6.10 Å². The van der Waals surface area contributed by atoms with E-state index in [0.29, 0.717) is 5.56 Å². The number of carbonyl (C=O) groups excluding carboxylic acids is 1. The Hall–Kier alpha value is -2.09. The third-order valence-corrected chi connectivity index (χ3v) is 3.66. The Bertz CT molecular complexity index is 582. The molecule has 110 valence electrons. The quantitative estimate of drug-likeness (QED) is 0.731. The van der Waals surface area contributed by atoms with Crippen molar-refractivity contribution < 1.29 is 9.53 Å². The first-order valence-electron chi connectivity index (χ1n) is 7.52. The number of benzene rings is 2. The van der Waals surface area contributed by atoms with Crippen LogP contribution in [0.15, 0.2) is 48.5 Å². The van der Waals surface area contributed by atoms with Crippen molar-refractivity contribution in [2.45, 2.75) is 39.7 Å². The Morgan fingerprint density at radius 1 is 0.905 bits per heavy atom. The Morgan fingerprint density at radius 2 is 1.38 bits per heavy atom. The molecule has 2 aromatic rings. The van der Waals surface area contributed by atoms with Gasteiger partial charge in [-0.05, 0) is 43.0 Å². The van der Waals surface area contributed by atoms with Gasteiger partial charge in [-0.2, -0.15) is 0 Å². The number of aryl methyl sites for hydroxylation is 2. The second-order valence-electron chi connectivity index (χ2n) is 5.17. The van der Waals surface area contributed by atoms with Crippen LogP contribution in [-0.2, 0) is 12.8 Å². The molecule has 2 nitrogen and oxygen atoms in total. The van der Waals surface area contributed by atoms with Crippen LogP contribution in [0.1, 0.15) is 42.3 Å². The van der Waals surface area contributed by atoms with E-state index >= 15 is 0 Å². The summed E-state index contributed by atoms with van der Waals surface area (Å²) in [5.41, 5.74) is 3.19. The molecule has 0 saturated carbocycles. The highest BCUT2D eigenvalue weighted by Crippen LogP contribution is 2.16. The second kappa shape index (κ2) is 7.07. The summed E-state index contributed by atoms with van der Waals surface area (Å²) in [6.45, 7) is 6.01. The molecule has 0 radical (unpaired) electrons. The number of carbonyl (C=O) groups is 1. The second-order valence-corrected chi connectivity index (χ2v) is 5.17. The van der Waals surface area contributed by atoms with Crippen molar-refractivity contribution in [3.63, 3.8) is 0 Å². The first-order chi connectivity index (χ1) is 10.1. The minimum Gasteiger partial charge on any atom is -0.483 e. The standard InChI is InChI=1S/C19H22O2/c1-4-15-6-10-17(11-7-15)19(20)14(3)21-18-12-8-16(5-2)9-13-18/h6-14H,4-5H2,1-3H3. The lowest BCUT2D eigenvalue weighted by molar-refractivity contribution is 0.0818. The summed E-state index contributed by atoms with van der Waals surface area (Å²) in [5.74, 6) is 0.746. The first-order valence-corrected chi connectivity index (χ1v) is 7.52. The van der Waals surface area contributed by atoms with E-state index < -0.39 is 6.10 Å². The lowest BCUT2D eigenvalue weighted by Crippen LogP contribution is -2.23. The van der Waals surface area contributed by atoms with Crippen LogP contribution in [-0.4, -0.2) is 11.9 Å². The summed E-state index contributed by atoms with van der Waals surface area (Å²) in [6.07, 6.45) is 1.49. The molecule has 0 aromatic heterocycles. The summed E-state index contributed by atoms with van der Waals surface area (Å²) in [4.78, 5) is 12.3. The topological polar surface area (TPSA) is 26.3 Å². The zero-order valence-electron chi connectivity index (χ0n) is 12.9. The average molecular weight is 282 g/mol. The monoisotopic (exact) mass is 282 g/mol. The molecule has 0 aliphatic rings. The minimum absolute atomic E-state index is 0.0113. The molecule has 0 aliphatic heterocycles. The largest absolute Gasteiger partial charge is 0.483 e. The molecular weight excluding hydrogens is 260 g/mol. The molecule has 0 bridgehead atoms. The third-order valence-electron chi connectivity index (χ3n) is 3.66. The van der Waals surface area contributed by atoms with Crippen molar-refractivity contribution in [1.29, 1.82) is 0 Å². The minimum atomic E-state index is -0.482. The van der Waals surface area contributed by atoms with Gasteiger partial charge < -0.3 is 4.74 Å². The van der Waals surface area contributed by atoms with Crippen LogP contribution in [0.4, 0.5) is 0 Å². The van der Waals surface area contributed by atoms with Crippen LogP contribution in [0.5, 0.6) is 5.75 Å². The highest BCUT2D eigenvalue weighted by Gasteiger charge is 2.16. The van der Waals surface area contributed by atoms with Crippen molar-refractivity contribution in [2.24, 2.45) is 0 Å². The Labute approximate surface area is 126 Å². The molecule has 0 spiro atoms. The molecule has 0 saturated heterocycles. The highest BCUT2D eigenvalue weighted by molar-refractivity contribution is 5.99. The number of rotatable bonds is 6. The van der Waals surface area contributed by atoms with E-state index in [9.17, 15) is 4.79 Å². The van der Waals surface area contributed by atoms with Gasteiger partial charge >= 0.3 is 0 Å². The molecule has 0 N–H and O–H groups in total. The molecule has 0 fully saturated rings. The van der Waals surface area contributed by atoms with Crippen molar-refractivity contribution in [2.75, 3.05) is 0 Å². The molecule has 0 aliphatic carbocycles. The van der Waals surface area contributed by atoms with E-state index in [0.717, 1.165) is 18.6 Å². The molecular formula is C19H22O2. The van der Waals surface area contributed by atoms with Crippen LogP contribution < -0.4 is 4.74 Å². The molecule has 2 rings (SSSR count). The summed E-state index contributed by atoms with van der Waals surface area (Å²) < 4.78 is 5.74. The van der Waals surface area contributed by atoms with Gasteiger partial charge in [-0.15, -0.1) is 0 Å². The van der Waals surface area contributed by atoms with E-state index in [1.54, 1.807) is 6.92 Å². The number of Topliss-reactive ketones (excluding diaryl/α,β-unsaturated/α-hetero) is 1. The van der Waals surface area contributed by atoms with E-state index in [1.807, 2.05) is 48.5 Å². The zero-order chi connectivity index (χ0) is 15.2. The molecule has 2 aromatic carbocycles. The summed E-state index contributed by atoms with van der Waals surface area (Å²) >= 11 is 0. The molecule has 2 heteroatoms. The lowest BCUT2D eigenvalue weighted by Gasteiger charge is -2.14. The Kier molecular flexibility index (Phi) is 5.15. The lowest BCUT2D eigenvalue weighted by atomic mass is 10.0.